The fraction of sp³-hybridized carbons (Fsp3) is 0.462. The first-order valence-electron chi connectivity index (χ1n) is 5.71. The molecule has 0 fully saturated rings. The molecule has 1 heterocycles. The Kier molecular flexibility index (Phi) is 2.83. The molecular formula is C13H16O4. The number of aliphatic hydroxyl groups excluding tert-OH is 1. The van der Waals surface area contributed by atoms with E-state index in [0.717, 1.165) is 0 Å². The van der Waals surface area contributed by atoms with Gasteiger partial charge in [-0.2, -0.15) is 0 Å². The highest BCUT2D eigenvalue weighted by atomic mass is 16.5. The Morgan fingerprint density at radius 3 is 2.71 bits per heavy atom. The van der Waals surface area contributed by atoms with Crippen LogP contribution in [0.1, 0.15) is 31.9 Å². The van der Waals surface area contributed by atoms with Crippen LogP contribution in [0.5, 0.6) is 5.75 Å². The Labute approximate surface area is 99.8 Å². The molecule has 3 atom stereocenters. The normalized spacial score (nSPS) is 28.3. The summed E-state index contributed by atoms with van der Waals surface area (Å²) in [5.74, 6) is -1.15. The summed E-state index contributed by atoms with van der Waals surface area (Å²) in [7, 11) is 0. The van der Waals surface area contributed by atoms with E-state index >= 15 is 0 Å². The van der Waals surface area contributed by atoms with E-state index in [0.29, 0.717) is 17.7 Å². The van der Waals surface area contributed by atoms with E-state index in [9.17, 15) is 9.90 Å². The molecule has 1 aliphatic rings. The molecule has 0 bridgehead atoms. The molecule has 92 valence electrons. The molecule has 0 aromatic heterocycles. The van der Waals surface area contributed by atoms with Crippen molar-refractivity contribution in [3.8, 4) is 5.75 Å². The molecule has 17 heavy (non-hydrogen) atoms. The number of aliphatic carboxylic acids is 1. The summed E-state index contributed by atoms with van der Waals surface area (Å²) in [6, 6.07) is 7.14. The second kappa shape index (κ2) is 4.04. The summed E-state index contributed by atoms with van der Waals surface area (Å²) in [5, 5.41) is 19.5. The second-order valence-electron chi connectivity index (χ2n) is 4.41. The van der Waals surface area contributed by atoms with Crippen LogP contribution in [0, 0.1) is 5.92 Å². The zero-order chi connectivity index (χ0) is 12.6. The summed E-state index contributed by atoms with van der Waals surface area (Å²) < 4.78 is 5.75. The Balaban J connectivity index is 2.44. The van der Waals surface area contributed by atoms with Crippen LogP contribution in [0.4, 0.5) is 0 Å². The van der Waals surface area contributed by atoms with Crippen LogP contribution in [0.25, 0.3) is 0 Å². The largest absolute Gasteiger partial charge is 0.483 e. The standard InChI is InChI=1S/C13H16O4/c1-3-13(8(2)12(15)16)11(14)9-6-4-5-7-10(9)17-13/h4-8,11,14H,3H2,1-2H3,(H,15,16). The Bertz CT molecular complexity index is 443. The fourth-order valence-corrected chi connectivity index (χ4v) is 2.43. The van der Waals surface area contributed by atoms with Gasteiger partial charge in [0.05, 0.1) is 5.92 Å². The van der Waals surface area contributed by atoms with Crippen LogP contribution in [-0.4, -0.2) is 21.8 Å². The summed E-state index contributed by atoms with van der Waals surface area (Å²) in [5.41, 5.74) is -0.391. The van der Waals surface area contributed by atoms with Crippen molar-refractivity contribution in [1.82, 2.24) is 0 Å². The van der Waals surface area contributed by atoms with Gasteiger partial charge in [-0.1, -0.05) is 25.1 Å². The molecule has 1 aromatic carbocycles. The number of para-hydroxylation sites is 1. The molecule has 0 spiro atoms. The van der Waals surface area contributed by atoms with Crippen LogP contribution < -0.4 is 4.74 Å². The highest BCUT2D eigenvalue weighted by Gasteiger charge is 2.52. The highest BCUT2D eigenvalue weighted by molar-refractivity contribution is 5.72. The summed E-state index contributed by atoms with van der Waals surface area (Å²) in [6.45, 7) is 3.40. The van der Waals surface area contributed by atoms with Gasteiger partial charge in [-0.25, -0.2) is 0 Å². The molecule has 4 heteroatoms. The Morgan fingerprint density at radius 1 is 1.53 bits per heavy atom. The number of benzene rings is 1. The summed E-state index contributed by atoms with van der Waals surface area (Å²) in [4.78, 5) is 11.2. The molecule has 2 rings (SSSR count). The van der Waals surface area contributed by atoms with Crippen LogP contribution in [0.3, 0.4) is 0 Å². The SMILES string of the molecule is CCC1(C(C)C(=O)O)Oc2ccccc2C1O. The van der Waals surface area contributed by atoms with Crippen molar-refractivity contribution < 1.29 is 19.7 Å². The van der Waals surface area contributed by atoms with E-state index in [1.54, 1.807) is 19.1 Å². The van der Waals surface area contributed by atoms with E-state index in [4.69, 9.17) is 9.84 Å². The number of hydrogen-bond acceptors (Lipinski definition) is 3. The van der Waals surface area contributed by atoms with Crippen molar-refractivity contribution in [2.75, 3.05) is 0 Å². The van der Waals surface area contributed by atoms with E-state index in [2.05, 4.69) is 0 Å². The summed E-state index contributed by atoms with van der Waals surface area (Å²) in [6.07, 6.45) is -0.453. The number of ether oxygens (including phenoxy) is 1. The molecule has 4 nitrogen and oxygen atoms in total. The third-order valence-corrected chi connectivity index (χ3v) is 3.63. The van der Waals surface area contributed by atoms with Gasteiger partial charge in [-0.05, 0) is 19.4 Å². The first-order valence-corrected chi connectivity index (χ1v) is 5.71. The van der Waals surface area contributed by atoms with E-state index in [1.807, 2.05) is 19.1 Å². The highest BCUT2D eigenvalue weighted by Crippen LogP contribution is 2.48. The minimum absolute atomic E-state index is 0.441. The quantitative estimate of drug-likeness (QED) is 0.842. The van der Waals surface area contributed by atoms with Crippen LogP contribution in [-0.2, 0) is 4.79 Å². The Hall–Kier alpha value is -1.55. The van der Waals surface area contributed by atoms with Gasteiger partial charge < -0.3 is 14.9 Å². The second-order valence-corrected chi connectivity index (χ2v) is 4.41. The third-order valence-electron chi connectivity index (χ3n) is 3.63. The van der Waals surface area contributed by atoms with Gasteiger partial charge in [-0.15, -0.1) is 0 Å². The van der Waals surface area contributed by atoms with Gasteiger partial charge in [0, 0.05) is 5.56 Å². The number of carbonyl (C=O) groups is 1. The minimum atomic E-state index is -1.06. The van der Waals surface area contributed by atoms with E-state index < -0.39 is 23.6 Å². The van der Waals surface area contributed by atoms with Crippen LogP contribution in [0.2, 0.25) is 0 Å². The van der Waals surface area contributed by atoms with Crippen LogP contribution >= 0.6 is 0 Å². The molecule has 1 aromatic rings. The summed E-state index contributed by atoms with van der Waals surface area (Å²) >= 11 is 0. The smallest absolute Gasteiger partial charge is 0.310 e. The predicted octanol–water partition coefficient (Wildman–Crippen LogP) is 1.98. The molecule has 2 N–H and O–H groups in total. The lowest BCUT2D eigenvalue weighted by Crippen LogP contribution is -2.47. The van der Waals surface area contributed by atoms with Gasteiger partial charge >= 0.3 is 5.97 Å². The zero-order valence-electron chi connectivity index (χ0n) is 9.88. The topological polar surface area (TPSA) is 66.8 Å². The third kappa shape index (κ3) is 1.60. The average molecular weight is 236 g/mol. The average Bonchev–Trinajstić information content (AvgIpc) is 2.63. The van der Waals surface area contributed by atoms with Crippen molar-refractivity contribution in [1.29, 1.82) is 0 Å². The molecule has 0 saturated heterocycles. The number of aliphatic hydroxyl groups is 1. The number of hydrogen-bond donors (Lipinski definition) is 2. The molecule has 0 amide bonds. The van der Waals surface area contributed by atoms with Crippen molar-refractivity contribution >= 4 is 5.97 Å². The molecule has 1 aliphatic heterocycles. The lowest BCUT2D eigenvalue weighted by molar-refractivity contribution is -0.155. The number of fused-ring (bicyclic) bond motifs is 1. The maximum Gasteiger partial charge on any atom is 0.310 e. The fourth-order valence-electron chi connectivity index (χ4n) is 2.43. The maximum atomic E-state index is 11.2. The first kappa shape index (κ1) is 11.9. The minimum Gasteiger partial charge on any atom is -0.483 e. The molecule has 0 aliphatic carbocycles. The Morgan fingerprint density at radius 2 is 2.18 bits per heavy atom. The lowest BCUT2D eigenvalue weighted by atomic mass is 9.80. The number of rotatable bonds is 3. The molecule has 3 unspecified atom stereocenters. The van der Waals surface area contributed by atoms with Crippen molar-refractivity contribution in [3.63, 3.8) is 0 Å². The number of carboxylic acids is 1. The van der Waals surface area contributed by atoms with E-state index in [-0.39, 0.29) is 0 Å². The van der Waals surface area contributed by atoms with Gasteiger partial charge in [0.15, 0.2) is 5.60 Å². The van der Waals surface area contributed by atoms with Gasteiger partial charge in [0.2, 0.25) is 0 Å². The number of carboxylic acid groups (broad SMARTS) is 1. The predicted molar refractivity (Wildman–Crippen MR) is 61.9 cm³/mol. The van der Waals surface area contributed by atoms with Crippen molar-refractivity contribution in [3.05, 3.63) is 29.8 Å². The van der Waals surface area contributed by atoms with Gasteiger partial charge in [-0.3, -0.25) is 4.79 Å². The zero-order valence-corrected chi connectivity index (χ0v) is 9.88. The van der Waals surface area contributed by atoms with Crippen molar-refractivity contribution in [2.24, 2.45) is 5.92 Å². The molecule has 0 radical (unpaired) electrons. The monoisotopic (exact) mass is 236 g/mol. The lowest BCUT2D eigenvalue weighted by Gasteiger charge is -2.34. The van der Waals surface area contributed by atoms with Crippen molar-refractivity contribution in [2.45, 2.75) is 32.0 Å². The van der Waals surface area contributed by atoms with E-state index in [1.165, 1.54) is 0 Å². The molecule has 0 saturated carbocycles. The van der Waals surface area contributed by atoms with Gasteiger partial charge in [0.1, 0.15) is 11.9 Å². The van der Waals surface area contributed by atoms with Crippen LogP contribution in [0.15, 0.2) is 24.3 Å². The molecular weight excluding hydrogens is 220 g/mol. The van der Waals surface area contributed by atoms with Gasteiger partial charge in [0.25, 0.3) is 0 Å². The maximum absolute atomic E-state index is 11.2. The first-order chi connectivity index (χ1) is 8.03.